The van der Waals surface area contributed by atoms with E-state index in [4.69, 9.17) is 23.2 Å². The molecule has 2 rings (SSSR count). The van der Waals surface area contributed by atoms with E-state index in [1.807, 2.05) is 6.92 Å². The van der Waals surface area contributed by atoms with E-state index in [1.54, 1.807) is 19.1 Å². The molecule has 20 heavy (non-hydrogen) atoms. The molecule has 2 nitrogen and oxygen atoms in total. The standard InChI is InChI=1S/C15H12Cl2FNO/c1-8-5-10(18)3-4-11(8)15(20)19-14-7-12(16)9(2)6-13(14)17/h3-7H,1-2H3,(H,19,20). The third kappa shape index (κ3) is 3.11. The third-order valence-electron chi connectivity index (χ3n) is 2.93. The minimum atomic E-state index is -0.379. The van der Waals surface area contributed by atoms with Crippen molar-refractivity contribution in [2.75, 3.05) is 5.32 Å². The van der Waals surface area contributed by atoms with E-state index in [1.165, 1.54) is 18.2 Å². The maximum Gasteiger partial charge on any atom is 0.255 e. The van der Waals surface area contributed by atoms with Crippen LogP contribution < -0.4 is 5.32 Å². The molecular formula is C15H12Cl2FNO. The molecule has 0 unspecified atom stereocenters. The number of amides is 1. The van der Waals surface area contributed by atoms with Gasteiger partial charge in [-0.15, -0.1) is 0 Å². The average Bonchev–Trinajstić information content (AvgIpc) is 2.35. The number of anilines is 1. The minimum absolute atomic E-state index is 0.357. The van der Waals surface area contributed by atoms with Gasteiger partial charge in [-0.2, -0.15) is 0 Å². The predicted octanol–water partition coefficient (Wildman–Crippen LogP) is 5.00. The second-order valence-electron chi connectivity index (χ2n) is 4.49. The second-order valence-corrected chi connectivity index (χ2v) is 5.31. The van der Waals surface area contributed by atoms with Crippen molar-refractivity contribution >= 4 is 34.8 Å². The molecule has 0 aliphatic heterocycles. The molecule has 1 N–H and O–H groups in total. The molecule has 0 saturated carbocycles. The molecule has 0 aliphatic carbocycles. The Morgan fingerprint density at radius 2 is 1.75 bits per heavy atom. The van der Waals surface area contributed by atoms with Gasteiger partial charge in [0, 0.05) is 10.6 Å². The smallest absolute Gasteiger partial charge is 0.255 e. The van der Waals surface area contributed by atoms with Crippen molar-refractivity contribution in [1.29, 1.82) is 0 Å². The van der Waals surface area contributed by atoms with Crippen LogP contribution in [-0.4, -0.2) is 5.91 Å². The Bertz CT molecular complexity index is 686. The quantitative estimate of drug-likeness (QED) is 0.830. The highest BCUT2D eigenvalue weighted by Gasteiger charge is 2.12. The van der Waals surface area contributed by atoms with Crippen LogP contribution in [0.15, 0.2) is 30.3 Å². The first-order chi connectivity index (χ1) is 9.38. The molecule has 2 aromatic rings. The van der Waals surface area contributed by atoms with Gasteiger partial charge in [0.25, 0.3) is 5.91 Å². The average molecular weight is 312 g/mol. The fourth-order valence-electron chi connectivity index (χ4n) is 1.81. The van der Waals surface area contributed by atoms with Crippen molar-refractivity contribution in [2.45, 2.75) is 13.8 Å². The summed E-state index contributed by atoms with van der Waals surface area (Å²) in [5, 5.41) is 3.59. The normalized spacial score (nSPS) is 10.4. The summed E-state index contributed by atoms with van der Waals surface area (Å²) in [7, 11) is 0. The number of rotatable bonds is 2. The molecule has 0 heterocycles. The van der Waals surface area contributed by atoms with Crippen LogP contribution in [0, 0.1) is 19.7 Å². The number of aryl methyl sites for hydroxylation is 2. The van der Waals surface area contributed by atoms with Crippen LogP contribution in [-0.2, 0) is 0 Å². The number of halogens is 3. The lowest BCUT2D eigenvalue weighted by molar-refractivity contribution is 0.102. The molecule has 104 valence electrons. The second kappa shape index (κ2) is 5.81. The largest absolute Gasteiger partial charge is 0.321 e. The Balaban J connectivity index is 2.30. The van der Waals surface area contributed by atoms with Crippen molar-refractivity contribution in [3.05, 3.63) is 62.9 Å². The van der Waals surface area contributed by atoms with Gasteiger partial charge in [0.05, 0.1) is 10.7 Å². The van der Waals surface area contributed by atoms with Gasteiger partial charge in [-0.25, -0.2) is 4.39 Å². The van der Waals surface area contributed by atoms with Crippen LogP contribution in [0.2, 0.25) is 10.0 Å². The topological polar surface area (TPSA) is 29.1 Å². The van der Waals surface area contributed by atoms with Gasteiger partial charge in [0.15, 0.2) is 0 Å². The highest BCUT2D eigenvalue weighted by atomic mass is 35.5. The van der Waals surface area contributed by atoms with E-state index in [-0.39, 0.29) is 11.7 Å². The summed E-state index contributed by atoms with van der Waals surface area (Å²) >= 11 is 12.1. The number of benzene rings is 2. The van der Waals surface area contributed by atoms with Gasteiger partial charge in [-0.1, -0.05) is 23.2 Å². The molecule has 0 spiro atoms. The van der Waals surface area contributed by atoms with E-state index >= 15 is 0 Å². The van der Waals surface area contributed by atoms with E-state index in [0.717, 1.165) is 5.56 Å². The fourth-order valence-corrected chi connectivity index (χ4v) is 2.24. The molecule has 5 heteroatoms. The molecular weight excluding hydrogens is 300 g/mol. The van der Waals surface area contributed by atoms with Gasteiger partial charge in [0.1, 0.15) is 5.82 Å². The van der Waals surface area contributed by atoms with Crippen molar-refractivity contribution in [3.63, 3.8) is 0 Å². The molecule has 0 atom stereocenters. The third-order valence-corrected chi connectivity index (χ3v) is 3.65. The van der Waals surface area contributed by atoms with E-state index < -0.39 is 0 Å². The van der Waals surface area contributed by atoms with Crippen LogP contribution in [0.5, 0.6) is 0 Å². The summed E-state index contributed by atoms with van der Waals surface area (Å²) in [4.78, 5) is 12.2. The van der Waals surface area contributed by atoms with E-state index in [9.17, 15) is 9.18 Å². The molecule has 1 amide bonds. The minimum Gasteiger partial charge on any atom is -0.321 e. The number of carbonyl (C=O) groups excluding carboxylic acids is 1. The summed E-state index contributed by atoms with van der Waals surface area (Å²) in [5.41, 5.74) is 2.19. The molecule has 2 aromatic carbocycles. The van der Waals surface area contributed by atoms with Crippen LogP contribution in [0.1, 0.15) is 21.5 Å². The zero-order valence-corrected chi connectivity index (χ0v) is 12.4. The number of carbonyl (C=O) groups is 1. The molecule has 0 fully saturated rings. The Morgan fingerprint density at radius 3 is 2.40 bits per heavy atom. The van der Waals surface area contributed by atoms with Crippen molar-refractivity contribution < 1.29 is 9.18 Å². The number of hydrogen-bond acceptors (Lipinski definition) is 1. The van der Waals surface area contributed by atoms with Gasteiger partial charge < -0.3 is 5.32 Å². The number of hydrogen-bond donors (Lipinski definition) is 1. The van der Waals surface area contributed by atoms with Crippen molar-refractivity contribution in [3.8, 4) is 0 Å². The first-order valence-corrected chi connectivity index (χ1v) is 6.67. The summed E-state index contributed by atoms with van der Waals surface area (Å²) in [6, 6.07) is 7.25. The summed E-state index contributed by atoms with van der Waals surface area (Å²) in [6.45, 7) is 3.49. The van der Waals surface area contributed by atoms with Crippen LogP contribution in [0.4, 0.5) is 10.1 Å². The summed E-state index contributed by atoms with van der Waals surface area (Å²) < 4.78 is 13.0. The van der Waals surface area contributed by atoms with E-state index in [2.05, 4.69) is 5.32 Å². The SMILES string of the molecule is Cc1cc(Cl)c(NC(=O)c2ccc(F)cc2C)cc1Cl. The summed E-state index contributed by atoms with van der Waals surface area (Å²) in [5.74, 6) is -0.736. The molecule has 0 aliphatic rings. The van der Waals surface area contributed by atoms with E-state index in [0.29, 0.717) is 26.9 Å². The van der Waals surface area contributed by atoms with Gasteiger partial charge in [0.2, 0.25) is 0 Å². The molecule has 0 bridgehead atoms. The molecule has 0 aromatic heterocycles. The fraction of sp³-hybridized carbons (Fsp3) is 0.133. The summed E-state index contributed by atoms with van der Waals surface area (Å²) in [6.07, 6.45) is 0. The first-order valence-electron chi connectivity index (χ1n) is 5.91. The van der Waals surface area contributed by atoms with Crippen molar-refractivity contribution in [1.82, 2.24) is 0 Å². The Morgan fingerprint density at radius 1 is 1.05 bits per heavy atom. The lowest BCUT2D eigenvalue weighted by Crippen LogP contribution is -2.14. The Hall–Kier alpha value is -1.58. The van der Waals surface area contributed by atoms with Crippen LogP contribution in [0.3, 0.4) is 0 Å². The monoisotopic (exact) mass is 311 g/mol. The van der Waals surface area contributed by atoms with Crippen LogP contribution in [0.25, 0.3) is 0 Å². The lowest BCUT2D eigenvalue weighted by Gasteiger charge is -2.11. The maximum atomic E-state index is 13.0. The zero-order valence-electron chi connectivity index (χ0n) is 10.9. The lowest BCUT2D eigenvalue weighted by atomic mass is 10.1. The van der Waals surface area contributed by atoms with Gasteiger partial charge in [-0.3, -0.25) is 4.79 Å². The Kier molecular flexibility index (Phi) is 4.31. The maximum absolute atomic E-state index is 13.0. The van der Waals surface area contributed by atoms with Crippen LogP contribution >= 0.6 is 23.2 Å². The highest BCUT2D eigenvalue weighted by Crippen LogP contribution is 2.29. The Labute approximate surface area is 126 Å². The van der Waals surface area contributed by atoms with Crippen molar-refractivity contribution in [2.24, 2.45) is 0 Å². The van der Waals surface area contributed by atoms with Gasteiger partial charge >= 0.3 is 0 Å². The van der Waals surface area contributed by atoms with Gasteiger partial charge in [-0.05, 0) is 55.3 Å². The highest BCUT2D eigenvalue weighted by molar-refractivity contribution is 6.36. The first kappa shape index (κ1) is 14.8. The molecule has 0 saturated heterocycles. The number of nitrogens with one attached hydrogen (secondary N) is 1. The zero-order chi connectivity index (χ0) is 14.9. The predicted molar refractivity (Wildman–Crippen MR) is 80.3 cm³/mol. The molecule has 0 radical (unpaired) electrons.